The van der Waals surface area contributed by atoms with Crippen LogP contribution in [0.15, 0.2) is 66.0 Å². The number of ether oxygens (including phenoxy) is 1. The second kappa shape index (κ2) is 8.19. The maximum Gasteiger partial charge on any atom is 0.258 e. The monoisotopic (exact) mass is 371 g/mol. The Morgan fingerprint density at radius 3 is 2.68 bits per heavy atom. The molecule has 1 heterocycles. The third-order valence-corrected chi connectivity index (χ3v) is 4.96. The van der Waals surface area contributed by atoms with E-state index in [1.165, 1.54) is 0 Å². The number of aryl methyl sites for hydroxylation is 1. The summed E-state index contributed by atoms with van der Waals surface area (Å²) in [5.41, 5.74) is 2.06. The van der Waals surface area contributed by atoms with Crippen LogP contribution in [0, 0.1) is 6.92 Å². The molecule has 3 nitrogen and oxygen atoms in total. The zero-order valence-electron chi connectivity index (χ0n) is 13.7. The predicted octanol–water partition coefficient (Wildman–Crippen LogP) is 4.99. The number of benzene rings is 2. The highest BCUT2D eigenvalue weighted by atomic mass is 35.5. The largest absolute Gasteiger partial charge is 0.482 e. The van der Waals surface area contributed by atoms with Crippen molar-refractivity contribution in [2.75, 3.05) is 6.61 Å². The molecule has 1 amide bonds. The molecular formula is C20H18ClNO2S. The molecule has 1 N–H and O–H groups in total. The number of carbonyl (C=O) groups is 1. The summed E-state index contributed by atoms with van der Waals surface area (Å²) in [6.45, 7) is 1.86. The maximum absolute atomic E-state index is 12.4. The third-order valence-electron chi connectivity index (χ3n) is 3.71. The van der Waals surface area contributed by atoms with E-state index in [0.717, 1.165) is 16.0 Å². The summed E-state index contributed by atoms with van der Waals surface area (Å²) in [6, 6.07) is 19.2. The quantitative estimate of drug-likeness (QED) is 0.662. The summed E-state index contributed by atoms with van der Waals surface area (Å²) in [5, 5.41) is 5.54. The molecule has 0 saturated heterocycles. The molecule has 3 rings (SSSR count). The Hall–Kier alpha value is -2.30. The van der Waals surface area contributed by atoms with Gasteiger partial charge in [0.15, 0.2) is 6.61 Å². The first-order chi connectivity index (χ1) is 12.1. The van der Waals surface area contributed by atoms with Crippen molar-refractivity contribution in [1.82, 2.24) is 5.32 Å². The first kappa shape index (κ1) is 17.5. The Labute approximate surface area is 156 Å². The smallest absolute Gasteiger partial charge is 0.258 e. The highest BCUT2D eigenvalue weighted by molar-refractivity contribution is 7.10. The van der Waals surface area contributed by atoms with Gasteiger partial charge in [0.2, 0.25) is 0 Å². The second-order valence-corrected chi connectivity index (χ2v) is 7.04. The van der Waals surface area contributed by atoms with Crippen molar-refractivity contribution >= 4 is 28.8 Å². The minimum absolute atomic E-state index is 0.0854. The van der Waals surface area contributed by atoms with Crippen molar-refractivity contribution in [1.29, 1.82) is 0 Å². The lowest BCUT2D eigenvalue weighted by atomic mass is 10.1. The Morgan fingerprint density at radius 2 is 1.96 bits per heavy atom. The number of hydrogen-bond donors (Lipinski definition) is 1. The normalized spacial score (nSPS) is 11.8. The van der Waals surface area contributed by atoms with Crippen LogP contribution < -0.4 is 10.1 Å². The van der Waals surface area contributed by atoms with E-state index in [-0.39, 0.29) is 18.6 Å². The number of halogens is 1. The van der Waals surface area contributed by atoms with Gasteiger partial charge in [0.25, 0.3) is 5.91 Å². The van der Waals surface area contributed by atoms with Gasteiger partial charge >= 0.3 is 0 Å². The van der Waals surface area contributed by atoms with Gasteiger partial charge in [-0.2, -0.15) is 0 Å². The van der Waals surface area contributed by atoms with Crippen molar-refractivity contribution in [3.8, 4) is 5.75 Å². The molecule has 0 spiro atoms. The zero-order chi connectivity index (χ0) is 17.6. The number of rotatable bonds is 6. The highest BCUT2D eigenvalue weighted by Crippen LogP contribution is 2.27. The zero-order valence-corrected chi connectivity index (χ0v) is 15.3. The SMILES string of the molecule is Cc1ccc(Cl)c(OCC(=O)NC(c2ccccc2)c2cccs2)c1. The number of nitrogens with one attached hydrogen (secondary N) is 1. The Bertz CT molecular complexity index is 834. The minimum atomic E-state index is -0.195. The van der Waals surface area contributed by atoms with Crippen LogP contribution in [-0.2, 0) is 4.79 Å². The molecule has 1 atom stereocenters. The fraction of sp³-hybridized carbons (Fsp3) is 0.150. The van der Waals surface area contributed by atoms with Crippen LogP contribution in [0.1, 0.15) is 22.0 Å². The van der Waals surface area contributed by atoms with E-state index in [4.69, 9.17) is 16.3 Å². The summed E-state index contributed by atoms with van der Waals surface area (Å²) in [4.78, 5) is 13.5. The molecule has 0 radical (unpaired) electrons. The van der Waals surface area contributed by atoms with Gasteiger partial charge in [-0.15, -0.1) is 11.3 Å². The van der Waals surface area contributed by atoms with Crippen LogP contribution in [0.5, 0.6) is 5.75 Å². The van der Waals surface area contributed by atoms with Gasteiger partial charge in [0.1, 0.15) is 5.75 Å². The molecule has 25 heavy (non-hydrogen) atoms. The summed E-state index contributed by atoms with van der Waals surface area (Å²) in [5.74, 6) is 0.323. The molecule has 1 aromatic heterocycles. The molecule has 0 aliphatic heterocycles. The Morgan fingerprint density at radius 1 is 1.16 bits per heavy atom. The topological polar surface area (TPSA) is 38.3 Å². The van der Waals surface area contributed by atoms with Crippen molar-refractivity contribution in [2.45, 2.75) is 13.0 Å². The van der Waals surface area contributed by atoms with E-state index in [1.54, 1.807) is 17.4 Å². The molecule has 5 heteroatoms. The molecule has 128 valence electrons. The van der Waals surface area contributed by atoms with E-state index in [2.05, 4.69) is 5.32 Å². The Kier molecular flexibility index (Phi) is 5.74. The molecule has 2 aromatic carbocycles. The molecule has 0 aliphatic carbocycles. The van der Waals surface area contributed by atoms with Gasteiger partial charge in [0, 0.05) is 4.88 Å². The summed E-state index contributed by atoms with van der Waals surface area (Å²) < 4.78 is 5.59. The van der Waals surface area contributed by atoms with Crippen LogP contribution in [0.4, 0.5) is 0 Å². The van der Waals surface area contributed by atoms with Gasteiger partial charge in [0.05, 0.1) is 11.1 Å². The predicted molar refractivity (Wildman–Crippen MR) is 102 cm³/mol. The average molecular weight is 372 g/mol. The fourth-order valence-electron chi connectivity index (χ4n) is 2.49. The van der Waals surface area contributed by atoms with E-state index >= 15 is 0 Å². The first-order valence-electron chi connectivity index (χ1n) is 7.90. The summed E-state index contributed by atoms with van der Waals surface area (Å²) in [6.07, 6.45) is 0. The van der Waals surface area contributed by atoms with Crippen LogP contribution >= 0.6 is 22.9 Å². The molecule has 0 saturated carbocycles. The van der Waals surface area contributed by atoms with Crippen LogP contribution in [0.2, 0.25) is 5.02 Å². The molecule has 0 fully saturated rings. The molecule has 0 bridgehead atoms. The van der Waals surface area contributed by atoms with Crippen molar-refractivity contribution in [3.05, 3.63) is 87.1 Å². The maximum atomic E-state index is 12.4. The Balaban J connectivity index is 1.70. The number of amides is 1. The lowest BCUT2D eigenvalue weighted by Crippen LogP contribution is -2.32. The van der Waals surface area contributed by atoms with E-state index in [1.807, 2.05) is 66.9 Å². The number of thiophene rings is 1. The van der Waals surface area contributed by atoms with Crippen LogP contribution in [-0.4, -0.2) is 12.5 Å². The second-order valence-electron chi connectivity index (χ2n) is 5.65. The first-order valence-corrected chi connectivity index (χ1v) is 9.16. The van der Waals surface area contributed by atoms with Gasteiger partial charge in [-0.25, -0.2) is 0 Å². The average Bonchev–Trinajstić information content (AvgIpc) is 3.15. The molecule has 3 aromatic rings. The molecular weight excluding hydrogens is 354 g/mol. The standard InChI is InChI=1S/C20H18ClNO2S/c1-14-9-10-16(21)17(12-14)24-13-19(23)22-20(18-8-5-11-25-18)15-6-3-2-4-7-15/h2-12,20H,13H2,1H3,(H,22,23). The third kappa shape index (κ3) is 4.62. The fourth-order valence-corrected chi connectivity index (χ4v) is 3.46. The molecule has 0 aliphatic rings. The van der Waals surface area contributed by atoms with E-state index in [0.29, 0.717) is 10.8 Å². The van der Waals surface area contributed by atoms with E-state index < -0.39 is 0 Å². The summed E-state index contributed by atoms with van der Waals surface area (Å²) in [7, 11) is 0. The number of hydrogen-bond acceptors (Lipinski definition) is 3. The van der Waals surface area contributed by atoms with Gasteiger partial charge in [-0.3, -0.25) is 4.79 Å². The summed E-state index contributed by atoms with van der Waals surface area (Å²) >= 11 is 7.72. The van der Waals surface area contributed by atoms with Crippen LogP contribution in [0.25, 0.3) is 0 Å². The van der Waals surface area contributed by atoms with Gasteiger partial charge in [-0.05, 0) is 41.6 Å². The van der Waals surface area contributed by atoms with Crippen molar-refractivity contribution in [3.63, 3.8) is 0 Å². The molecule has 1 unspecified atom stereocenters. The van der Waals surface area contributed by atoms with Gasteiger partial charge < -0.3 is 10.1 Å². The lowest BCUT2D eigenvalue weighted by molar-refractivity contribution is -0.123. The lowest BCUT2D eigenvalue weighted by Gasteiger charge is -2.18. The number of carbonyl (C=O) groups excluding carboxylic acids is 1. The highest BCUT2D eigenvalue weighted by Gasteiger charge is 2.18. The minimum Gasteiger partial charge on any atom is -0.482 e. The van der Waals surface area contributed by atoms with Crippen molar-refractivity contribution in [2.24, 2.45) is 0 Å². The van der Waals surface area contributed by atoms with Crippen molar-refractivity contribution < 1.29 is 9.53 Å². The van der Waals surface area contributed by atoms with Gasteiger partial charge in [-0.1, -0.05) is 54.1 Å². The van der Waals surface area contributed by atoms with Crippen LogP contribution in [0.3, 0.4) is 0 Å². The van der Waals surface area contributed by atoms with E-state index in [9.17, 15) is 4.79 Å².